The van der Waals surface area contributed by atoms with E-state index in [1.165, 1.54) is 24.0 Å². The summed E-state index contributed by atoms with van der Waals surface area (Å²) >= 11 is 0. The van der Waals surface area contributed by atoms with Crippen molar-refractivity contribution in [3.8, 4) is 0 Å². The van der Waals surface area contributed by atoms with E-state index in [4.69, 9.17) is 9.84 Å². The molecule has 8 nitrogen and oxygen atoms in total. The SMILES string of the molecule is CC(C)(C)OC(=O)N(c1cncc(C=CC(=O)O)n1)[C@@H]1CCN(Cc2ccccc2)C1. The van der Waals surface area contributed by atoms with Gasteiger partial charge in [0.25, 0.3) is 0 Å². The average Bonchev–Trinajstić information content (AvgIpc) is 3.14. The van der Waals surface area contributed by atoms with Gasteiger partial charge in [-0.2, -0.15) is 0 Å². The van der Waals surface area contributed by atoms with E-state index in [0.717, 1.165) is 25.6 Å². The van der Waals surface area contributed by atoms with Gasteiger partial charge >= 0.3 is 12.1 Å². The summed E-state index contributed by atoms with van der Waals surface area (Å²) in [6, 6.07) is 10.1. The number of rotatable bonds is 6. The minimum atomic E-state index is -1.08. The molecule has 1 atom stereocenters. The van der Waals surface area contributed by atoms with Crippen molar-refractivity contribution in [2.24, 2.45) is 0 Å². The number of hydrogen-bond donors (Lipinski definition) is 1. The zero-order valence-electron chi connectivity index (χ0n) is 18.1. The Morgan fingerprint density at radius 2 is 2.00 bits per heavy atom. The third-order valence-electron chi connectivity index (χ3n) is 4.74. The van der Waals surface area contributed by atoms with E-state index in [1.807, 2.05) is 39.0 Å². The molecule has 1 aliphatic rings. The molecule has 1 aromatic heterocycles. The molecule has 1 N–H and O–H groups in total. The predicted molar refractivity (Wildman–Crippen MR) is 118 cm³/mol. The molecule has 2 aromatic rings. The number of amides is 1. The molecule has 1 saturated heterocycles. The van der Waals surface area contributed by atoms with Gasteiger partial charge in [0.05, 0.1) is 24.1 Å². The summed E-state index contributed by atoms with van der Waals surface area (Å²) in [5.74, 6) is -0.739. The number of anilines is 1. The molecule has 0 spiro atoms. The van der Waals surface area contributed by atoms with Crippen molar-refractivity contribution in [2.75, 3.05) is 18.0 Å². The summed E-state index contributed by atoms with van der Waals surface area (Å²) in [5.41, 5.74) is 0.909. The number of benzene rings is 1. The van der Waals surface area contributed by atoms with Gasteiger partial charge in [-0.3, -0.25) is 14.8 Å². The molecule has 164 valence electrons. The number of carboxylic acids is 1. The van der Waals surface area contributed by atoms with Crippen LogP contribution in [0.2, 0.25) is 0 Å². The number of aliphatic carboxylic acids is 1. The van der Waals surface area contributed by atoms with Crippen molar-refractivity contribution >= 4 is 24.0 Å². The number of likely N-dealkylation sites (tertiary alicyclic amines) is 1. The first kappa shape index (κ1) is 22.4. The fraction of sp³-hybridized carbons (Fsp3) is 0.391. The van der Waals surface area contributed by atoms with Crippen molar-refractivity contribution in [1.29, 1.82) is 0 Å². The van der Waals surface area contributed by atoms with Gasteiger partial charge in [-0.25, -0.2) is 14.6 Å². The Hall–Kier alpha value is -3.26. The Kier molecular flexibility index (Phi) is 7.02. The van der Waals surface area contributed by atoms with Crippen LogP contribution in [0, 0.1) is 0 Å². The van der Waals surface area contributed by atoms with Crippen LogP contribution in [0.15, 0.2) is 48.8 Å². The zero-order chi connectivity index (χ0) is 22.4. The zero-order valence-corrected chi connectivity index (χ0v) is 18.1. The molecule has 0 saturated carbocycles. The second kappa shape index (κ2) is 9.70. The highest BCUT2D eigenvalue weighted by molar-refractivity contribution is 5.88. The van der Waals surface area contributed by atoms with Crippen LogP contribution >= 0.6 is 0 Å². The first-order chi connectivity index (χ1) is 14.7. The molecule has 1 aromatic carbocycles. The number of hydrogen-bond acceptors (Lipinski definition) is 6. The fourth-order valence-corrected chi connectivity index (χ4v) is 3.47. The van der Waals surface area contributed by atoms with Crippen LogP contribution in [0.25, 0.3) is 6.08 Å². The van der Waals surface area contributed by atoms with E-state index >= 15 is 0 Å². The predicted octanol–water partition coefficient (Wildman–Crippen LogP) is 3.59. The minimum absolute atomic E-state index is 0.133. The van der Waals surface area contributed by atoms with Gasteiger partial charge in [0.1, 0.15) is 5.60 Å². The molecule has 3 rings (SSSR count). The first-order valence-corrected chi connectivity index (χ1v) is 10.2. The van der Waals surface area contributed by atoms with Gasteiger partial charge in [0.2, 0.25) is 0 Å². The number of carbonyl (C=O) groups excluding carboxylic acids is 1. The van der Waals surface area contributed by atoms with E-state index in [0.29, 0.717) is 18.1 Å². The van der Waals surface area contributed by atoms with Gasteiger partial charge in [-0.1, -0.05) is 30.3 Å². The summed E-state index contributed by atoms with van der Waals surface area (Å²) in [7, 11) is 0. The average molecular weight is 425 g/mol. The Balaban J connectivity index is 1.83. The molecule has 8 heteroatoms. The number of nitrogens with zero attached hydrogens (tertiary/aromatic N) is 4. The van der Waals surface area contributed by atoms with Crippen molar-refractivity contribution < 1.29 is 19.4 Å². The van der Waals surface area contributed by atoms with E-state index in [9.17, 15) is 9.59 Å². The van der Waals surface area contributed by atoms with E-state index in [2.05, 4.69) is 27.0 Å². The minimum Gasteiger partial charge on any atom is -0.478 e. The van der Waals surface area contributed by atoms with Crippen molar-refractivity contribution in [3.05, 3.63) is 60.1 Å². The van der Waals surface area contributed by atoms with Gasteiger partial charge in [0.15, 0.2) is 5.82 Å². The van der Waals surface area contributed by atoms with Crippen molar-refractivity contribution in [2.45, 2.75) is 45.4 Å². The summed E-state index contributed by atoms with van der Waals surface area (Å²) in [5, 5.41) is 8.87. The van der Waals surface area contributed by atoms with Crippen LogP contribution in [-0.2, 0) is 16.1 Å². The summed E-state index contributed by atoms with van der Waals surface area (Å²) < 4.78 is 5.65. The highest BCUT2D eigenvalue weighted by Gasteiger charge is 2.35. The number of carbonyl (C=O) groups is 2. The van der Waals surface area contributed by atoms with E-state index < -0.39 is 17.7 Å². The lowest BCUT2D eigenvalue weighted by atomic mass is 10.2. The van der Waals surface area contributed by atoms with E-state index in [1.54, 1.807) is 4.90 Å². The van der Waals surface area contributed by atoms with Crippen molar-refractivity contribution in [3.63, 3.8) is 0 Å². The molecule has 1 aliphatic heterocycles. The maximum atomic E-state index is 13.1. The third kappa shape index (κ3) is 6.62. The normalized spacial score (nSPS) is 17.1. The molecule has 0 bridgehead atoms. The highest BCUT2D eigenvalue weighted by Crippen LogP contribution is 2.25. The fourth-order valence-electron chi connectivity index (χ4n) is 3.47. The molecule has 2 heterocycles. The smallest absolute Gasteiger partial charge is 0.416 e. The molecule has 1 fully saturated rings. The lowest BCUT2D eigenvalue weighted by Gasteiger charge is -2.31. The Morgan fingerprint density at radius 3 is 2.68 bits per heavy atom. The maximum absolute atomic E-state index is 13.1. The van der Waals surface area contributed by atoms with Crippen molar-refractivity contribution in [1.82, 2.24) is 14.9 Å². The van der Waals surface area contributed by atoms with Crippen LogP contribution in [0.3, 0.4) is 0 Å². The number of ether oxygens (including phenoxy) is 1. The Morgan fingerprint density at radius 1 is 1.26 bits per heavy atom. The van der Waals surface area contributed by atoms with Crippen LogP contribution in [0.4, 0.5) is 10.6 Å². The molecule has 0 unspecified atom stereocenters. The monoisotopic (exact) mass is 424 g/mol. The third-order valence-corrected chi connectivity index (χ3v) is 4.74. The van der Waals surface area contributed by atoms with Crippen LogP contribution in [0.5, 0.6) is 0 Å². The highest BCUT2D eigenvalue weighted by atomic mass is 16.6. The Bertz CT molecular complexity index is 940. The first-order valence-electron chi connectivity index (χ1n) is 10.2. The second-order valence-electron chi connectivity index (χ2n) is 8.49. The summed E-state index contributed by atoms with van der Waals surface area (Å²) in [6.07, 6.45) is 5.57. The standard InChI is InChI=1S/C23H28N4O4/c1-23(2,3)31-22(30)27(20-14-24-13-18(25-20)9-10-21(28)29)19-11-12-26(16-19)15-17-7-5-4-6-8-17/h4-10,13-14,19H,11-12,15-16H2,1-3H3,(H,28,29)/t19-/m1/s1. The molecule has 0 aliphatic carbocycles. The molecule has 0 radical (unpaired) electrons. The van der Waals surface area contributed by atoms with Crippen LogP contribution < -0.4 is 4.90 Å². The molecular formula is C23H28N4O4. The van der Waals surface area contributed by atoms with Gasteiger partial charge in [-0.15, -0.1) is 0 Å². The summed E-state index contributed by atoms with van der Waals surface area (Å²) in [6.45, 7) is 7.76. The summed E-state index contributed by atoms with van der Waals surface area (Å²) in [4.78, 5) is 36.3. The van der Waals surface area contributed by atoms with Gasteiger partial charge in [-0.05, 0) is 38.8 Å². The number of carboxylic acid groups (broad SMARTS) is 1. The Labute approximate surface area is 182 Å². The second-order valence-corrected chi connectivity index (χ2v) is 8.49. The van der Waals surface area contributed by atoms with E-state index in [-0.39, 0.29) is 6.04 Å². The topological polar surface area (TPSA) is 95.9 Å². The quantitative estimate of drug-likeness (QED) is 0.708. The van der Waals surface area contributed by atoms with Gasteiger partial charge in [0, 0.05) is 25.7 Å². The maximum Gasteiger partial charge on any atom is 0.416 e. The van der Waals surface area contributed by atoms with Crippen LogP contribution in [0.1, 0.15) is 38.4 Å². The molecule has 1 amide bonds. The van der Waals surface area contributed by atoms with Crippen LogP contribution in [-0.4, -0.2) is 56.8 Å². The lowest BCUT2D eigenvalue weighted by molar-refractivity contribution is -0.131. The lowest BCUT2D eigenvalue weighted by Crippen LogP contribution is -2.45. The number of aromatic nitrogens is 2. The largest absolute Gasteiger partial charge is 0.478 e. The van der Waals surface area contributed by atoms with Gasteiger partial charge < -0.3 is 9.84 Å². The molecule has 31 heavy (non-hydrogen) atoms. The molecular weight excluding hydrogens is 396 g/mol.